The van der Waals surface area contributed by atoms with Gasteiger partial charge in [-0.2, -0.15) is 0 Å². The van der Waals surface area contributed by atoms with E-state index in [0.29, 0.717) is 22.8 Å². The summed E-state index contributed by atoms with van der Waals surface area (Å²) in [5.41, 5.74) is 2.58. The van der Waals surface area contributed by atoms with Crippen LogP contribution in [0.15, 0.2) is 47.4 Å². The van der Waals surface area contributed by atoms with Crippen LogP contribution in [0.5, 0.6) is 5.75 Å². The van der Waals surface area contributed by atoms with Crippen LogP contribution < -0.4 is 9.46 Å². The largest absolute Gasteiger partial charge is 0.496 e. The van der Waals surface area contributed by atoms with Crippen molar-refractivity contribution in [2.75, 3.05) is 13.7 Å². The second-order valence-electron chi connectivity index (χ2n) is 5.75. The van der Waals surface area contributed by atoms with Gasteiger partial charge in [-0.05, 0) is 48.6 Å². The van der Waals surface area contributed by atoms with Gasteiger partial charge in [-0.1, -0.05) is 37.3 Å². The lowest BCUT2D eigenvalue weighted by atomic mass is 10.0. The number of hydrogen-bond donors (Lipinski definition) is 1. The maximum atomic E-state index is 12.6. The first-order valence-electron chi connectivity index (χ1n) is 7.55. The Labute approximate surface area is 138 Å². The molecule has 0 bridgehead atoms. The number of rotatable bonds is 6. The molecule has 2 rings (SSSR count). The van der Waals surface area contributed by atoms with E-state index in [2.05, 4.69) is 4.72 Å². The van der Waals surface area contributed by atoms with Gasteiger partial charge in [0.05, 0.1) is 12.0 Å². The Morgan fingerprint density at radius 3 is 2.35 bits per heavy atom. The molecule has 0 aliphatic carbocycles. The van der Waals surface area contributed by atoms with Crippen LogP contribution in [0.2, 0.25) is 0 Å². The van der Waals surface area contributed by atoms with E-state index in [1.54, 1.807) is 26.2 Å². The fraction of sp³-hybridized carbons (Fsp3) is 0.333. The average molecular weight is 333 g/mol. The molecule has 0 aliphatic heterocycles. The number of methoxy groups -OCH3 is 1. The summed E-state index contributed by atoms with van der Waals surface area (Å²) in [5.74, 6) is 0.796. The van der Waals surface area contributed by atoms with Gasteiger partial charge in [-0.15, -0.1) is 0 Å². The van der Waals surface area contributed by atoms with Crippen LogP contribution in [0.25, 0.3) is 0 Å². The van der Waals surface area contributed by atoms with Crippen molar-refractivity contribution < 1.29 is 13.2 Å². The topological polar surface area (TPSA) is 55.4 Å². The van der Waals surface area contributed by atoms with E-state index in [1.165, 1.54) is 0 Å². The molecule has 0 amide bonds. The van der Waals surface area contributed by atoms with Crippen LogP contribution in [0.4, 0.5) is 0 Å². The lowest BCUT2D eigenvalue weighted by molar-refractivity contribution is 0.411. The van der Waals surface area contributed by atoms with Gasteiger partial charge in [-0.25, -0.2) is 13.1 Å². The molecule has 2 aromatic rings. The van der Waals surface area contributed by atoms with Gasteiger partial charge < -0.3 is 4.74 Å². The van der Waals surface area contributed by atoms with Crippen molar-refractivity contribution in [3.05, 3.63) is 59.2 Å². The fourth-order valence-corrected chi connectivity index (χ4v) is 3.92. The minimum absolute atomic E-state index is 0.102. The summed E-state index contributed by atoms with van der Waals surface area (Å²) in [5, 5.41) is 0. The minimum Gasteiger partial charge on any atom is -0.496 e. The van der Waals surface area contributed by atoms with Crippen molar-refractivity contribution in [2.45, 2.75) is 31.6 Å². The highest BCUT2D eigenvalue weighted by molar-refractivity contribution is 7.89. The smallest absolute Gasteiger partial charge is 0.240 e. The average Bonchev–Trinajstić information content (AvgIpc) is 2.55. The second kappa shape index (κ2) is 7.15. The molecular weight excluding hydrogens is 310 g/mol. The van der Waals surface area contributed by atoms with Crippen LogP contribution in [-0.2, 0) is 10.0 Å². The highest BCUT2D eigenvalue weighted by Crippen LogP contribution is 2.25. The number of hydrogen-bond acceptors (Lipinski definition) is 3. The van der Waals surface area contributed by atoms with Crippen molar-refractivity contribution in [3.63, 3.8) is 0 Å². The molecular formula is C18H23NO3S. The number of ether oxygens (including phenoxy) is 1. The third kappa shape index (κ3) is 4.12. The van der Waals surface area contributed by atoms with E-state index in [-0.39, 0.29) is 5.92 Å². The van der Waals surface area contributed by atoms with Crippen molar-refractivity contribution in [3.8, 4) is 5.75 Å². The first-order chi connectivity index (χ1) is 10.8. The molecule has 0 spiro atoms. The van der Waals surface area contributed by atoms with E-state index in [0.717, 1.165) is 11.1 Å². The number of nitrogens with one attached hydrogen (secondary N) is 1. The zero-order chi connectivity index (χ0) is 17.0. The first-order valence-corrected chi connectivity index (χ1v) is 9.03. The van der Waals surface area contributed by atoms with E-state index in [1.807, 2.05) is 44.2 Å². The first kappa shape index (κ1) is 17.5. The third-order valence-electron chi connectivity index (χ3n) is 3.93. The standard InChI is InChI=1S/C18H23NO3S/c1-13-11-18(14(2)10-17(13)22-4)23(20,21)19-12-15(3)16-8-6-5-7-9-16/h5-11,15,19H,12H2,1-4H3/t15-/m0/s1. The summed E-state index contributed by atoms with van der Waals surface area (Å²) in [6.07, 6.45) is 0. The molecule has 0 heterocycles. The summed E-state index contributed by atoms with van der Waals surface area (Å²) in [4.78, 5) is 0.302. The lowest BCUT2D eigenvalue weighted by Gasteiger charge is -2.16. The fourth-order valence-electron chi connectivity index (χ4n) is 2.48. The molecule has 1 atom stereocenters. The predicted molar refractivity (Wildman–Crippen MR) is 92.5 cm³/mol. The van der Waals surface area contributed by atoms with Gasteiger partial charge in [0.1, 0.15) is 5.75 Å². The molecule has 5 heteroatoms. The normalized spacial score (nSPS) is 12.9. The Kier molecular flexibility index (Phi) is 5.44. The summed E-state index contributed by atoms with van der Waals surface area (Å²) in [7, 11) is -1.97. The van der Waals surface area contributed by atoms with Crippen molar-refractivity contribution in [1.29, 1.82) is 0 Å². The maximum absolute atomic E-state index is 12.6. The van der Waals surface area contributed by atoms with Crippen molar-refractivity contribution in [1.82, 2.24) is 4.72 Å². The predicted octanol–water partition coefficient (Wildman–Crippen LogP) is 3.39. The molecule has 0 aliphatic rings. The number of aryl methyl sites for hydroxylation is 2. The summed E-state index contributed by atoms with van der Waals surface area (Å²) >= 11 is 0. The Balaban J connectivity index is 2.18. The van der Waals surface area contributed by atoms with Crippen LogP contribution in [0.1, 0.15) is 29.5 Å². The van der Waals surface area contributed by atoms with Gasteiger partial charge >= 0.3 is 0 Å². The van der Waals surface area contributed by atoms with Crippen LogP contribution in [-0.4, -0.2) is 22.1 Å². The quantitative estimate of drug-likeness (QED) is 0.881. The van der Waals surface area contributed by atoms with Crippen LogP contribution in [0, 0.1) is 13.8 Å². The van der Waals surface area contributed by atoms with E-state index < -0.39 is 10.0 Å². The lowest BCUT2D eigenvalue weighted by Crippen LogP contribution is -2.28. The maximum Gasteiger partial charge on any atom is 0.240 e. The monoisotopic (exact) mass is 333 g/mol. The van der Waals surface area contributed by atoms with Gasteiger partial charge in [-0.3, -0.25) is 0 Å². The van der Waals surface area contributed by atoms with E-state index >= 15 is 0 Å². The van der Waals surface area contributed by atoms with Crippen molar-refractivity contribution in [2.24, 2.45) is 0 Å². The molecule has 1 N–H and O–H groups in total. The molecule has 0 radical (unpaired) electrons. The van der Waals surface area contributed by atoms with Gasteiger partial charge in [0.2, 0.25) is 10.0 Å². The zero-order valence-electron chi connectivity index (χ0n) is 14.0. The van der Waals surface area contributed by atoms with Crippen LogP contribution >= 0.6 is 0 Å². The highest BCUT2D eigenvalue weighted by Gasteiger charge is 2.19. The molecule has 0 saturated heterocycles. The molecule has 0 aromatic heterocycles. The second-order valence-corrected chi connectivity index (χ2v) is 7.49. The molecule has 0 fully saturated rings. The SMILES string of the molecule is COc1cc(C)c(S(=O)(=O)NC[C@H](C)c2ccccc2)cc1C. The van der Waals surface area contributed by atoms with E-state index in [4.69, 9.17) is 4.74 Å². The number of sulfonamides is 1. The summed E-state index contributed by atoms with van der Waals surface area (Å²) < 4.78 is 33.1. The zero-order valence-corrected chi connectivity index (χ0v) is 14.8. The molecule has 23 heavy (non-hydrogen) atoms. The van der Waals surface area contributed by atoms with Gasteiger partial charge in [0.25, 0.3) is 0 Å². The molecule has 0 unspecified atom stereocenters. The Morgan fingerprint density at radius 2 is 1.74 bits per heavy atom. The summed E-state index contributed by atoms with van der Waals surface area (Å²) in [6, 6.07) is 13.3. The summed E-state index contributed by atoms with van der Waals surface area (Å²) in [6.45, 7) is 5.97. The van der Waals surface area contributed by atoms with Gasteiger partial charge in [0.15, 0.2) is 0 Å². The number of benzene rings is 2. The van der Waals surface area contributed by atoms with E-state index in [9.17, 15) is 8.42 Å². The highest BCUT2D eigenvalue weighted by atomic mass is 32.2. The Hall–Kier alpha value is -1.85. The third-order valence-corrected chi connectivity index (χ3v) is 5.50. The molecule has 124 valence electrons. The molecule has 0 saturated carbocycles. The Morgan fingerprint density at radius 1 is 1.09 bits per heavy atom. The van der Waals surface area contributed by atoms with Gasteiger partial charge in [0, 0.05) is 6.54 Å². The minimum atomic E-state index is -3.55. The molecule has 2 aromatic carbocycles. The Bertz CT molecular complexity index is 770. The van der Waals surface area contributed by atoms with Crippen LogP contribution in [0.3, 0.4) is 0 Å². The van der Waals surface area contributed by atoms with Crippen molar-refractivity contribution >= 4 is 10.0 Å². The molecule has 4 nitrogen and oxygen atoms in total.